The Hall–Kier alpha value is -1.95. The molecule has 140 valence electrons. The topological polar surface area (TPSA) is 55.8 Å². The Morgan fingerprint density at radius 2 is 1.81 bits per heavy atom. The molecular formula is C21H29N3O2. The molecule has 1 amide bonds. The van der Waals surface area contributed by atoms with E-state index in [1.54, 1.807) is 17.6 Å². The van der Waals surface area contributed by atoms with Crippen LogP contribution in [0.4, 0.5) is 0 Å². The molecule has 1 aliphatic carbocycles. The second-order valence-corrected chi connectivity index (χ2v) is 7.46. The number of allylic oxidation sites excluding steroid dienone is 2. The normalized spacial score (nSPS) is 24.3. The monoisotopic (exact) mass is 355 g/mol. The molecule has 2 N–H and O–H groups in total. The highest BCUT2D eigenvalue weighted by molar-refractivity contribution is 5.93. The van der Waals surface area contributed by atoms with Crippen LogP contribution < -0.4 is 5.48 Å². The van der Waals surface area contributed by atoms with Crippen molar-refractivity contribution in [3.8, 4) is 0 Å². The van der Waals surface area contributed by atoms with Gasteiger partial charge in [0.2, 0.25) is 0 Å². The zero-order chi connectivity index (χ0) is 18.5. The highest BCUT2D eigenvalue weighted by Gasteiger charge is 2.29. The fourth-order valence-electron chi connectivity index (χ4n) is 3.99. The van der Waals surface area contributed by atoms with Gasteiger partial charge in [-0.15, -0.1) is 0 Å². The van der Waals surface area contributed by atoms with Crippen LogP contribution in [0.3, 0.4) is 0 Å². The van der Waals surface area contributed by atoms with E-state index >= 15 is 0 Å². The fraction of sp³-hybridized carbons (Fsp3) is 0.476. The van der Waals surface area contributed by atoms with Gasteiger partial charge in [0.05, 0.1) is 0 Å². The van der Waals surface area contributed by atoms with Gasteiger partial charge in [-0.3, -0.25) is 19.8 Å². The first-order valence-corrected chi connectivity index (χ1v) is 9.44. The van der Waals surface area contributed by atoms with Crippen LogP contribution in [0.25, 0.3) is 0 Å². The van der Waals surface area contributed by atoms with E-state index in [1.165, 1.54) is 24.0 Å². The Balaban J connectivity index is 1.57. The van der Waals surface area contributed by atoms with E-state index in [9.17, 15) is 4.79 Å². The molecule has 0 saturated carbocycles. The van der Waals surface area contributed by atoms with Gasteiger partial charge < -0.3 is 0 Å². The van der Waals surface area contributed by atoms with Gasteiger partial charge in [-0.1, -0.05) is 30.4 Å². The summed E-state index contributed by atoms with van der Waals surface area (Å²) >= 11 is 0. The minimum Gasteiger partial charge on any atom is -0.296 e. The van der Waals surface area contributed by atoms with Crippen LogP contribution in [0.2, 0.25) is 0 Å². The van der Waals surface area contributed by atoms with E-state index in [0.29, 0.717) is 17.6 Å². The third-order valence-electron chi connectivity index (χ3n) is 5.34. The lowest BCUT2D eigenvalue weighted by Crippen LogP contribution is -2.56. The van der Waals surface area contributed by atoms with Gasteiger partial charge in [0.15, 0.2) is 0 Å². The van der Waals surface area contributed by atoms with Crippen LogP contribution in [0.15, 0.2) is 48.1 Å². The molecule has 0 spiro atoms. The summed E-state index contributed by atoms with van der Waals surface area (Å²) in [6.07, 6.45) is 9.26. The third kappa shape index (κ3) is 4.61. The van der Waals surface area contributed by atoms with Gasteiger partial charge in [-0.25, -0.2) is 5.48 Å². The Morgan fingerprint density at radius 1 is 1.12 bits per heavy atom. The minimum atomic E-state index is -0.474. The molecule has 1 fully saturated rings. The van der Waals surface area contributed by atoms with Crippen molar-refractivity contribution < 1.29 is 10.0 Å². The molecule has 1 heterocycles. The second kappa shape index (κ2) is 8.62. The zero-order valence-corrected chi connectivity index (χ0v) is 15.7. The first kappa shape index (κ1) is 18.8. The maximum atomic E-state index is 11.4. The van der Waals surface area contributed by atoms with E-state index < -0.39 is 5.91 Å². The van der Waals surface area contributed by atoms with Crippen LogP contribution in [0.5, 0.6) is 0 Å². The molecular weight excluding hydrogens is 326 g/mol. The number of hydroxylamine groups is 1. The average molecular weight is 355 g/mol. The van der Waals surface area contributed by atoms with Gasteiger partial charge in [0.25, 0.3) is 5.91 Å². The number of amides is 1. The maximum Gasteiger partial charge on any atom is 0.274 e. The Kier molecular flexibility index (Phi) is 6.25. The predicted molar refractivity (Wildman–Crippen MR) is 103 cm³/mol. The van der Waals surface area contributed by atoms with E-state index in [1.807, 2.05) is 12.1 Å². The number of rotatable bonds is 5. The Morgan fingerprint density at radius 3 is 2.38 bits per heavy atom. The molecule has 0 aromatic heterocycles. The Labute approximate surface area is 155 Å². The summed E-state index contributed by atoms with van der Waals surface area (Å²) in [5.41, 5.74) is 4.77. The van der Waals surface area contributed by atoms with Crippen molar-refractivity contribution in [3.05, 3.63) is 59.2 Å². The molecule has 0 radical (unpaired) electrons. The summed E-state index contributed by atoms with van der Waals surface area (Å²) in [6.45, 7) is 8.62. The van der Waals surface area contributed by atoms with Crippen molar-refractivity contribution in [2.75, 3.05) is 19.6 Å². The van der Waals surface area contributed by atoms with Crippen LogP contribution in [-0.2, 0) is 6.54 Å². The summed E-state index contributed by atoms with van der Waals surface area (Å²) in [5, 5.41) is 8.70. The van der Waals surface area contributed by atoms with Crippen LogP contribution in [0.1, 0.15) is 42.6 Å². The summed E-state index contributed by atoms with van der Waals surface area (Å²) in [5.74, 6) is -0.474. The average Bonchev–Trinajstić information content (AvgIpc) is 2.65. The van der Waals surface area contributed by atoms with Gasteiger partial charge in [0.1, 0.15) is 0 Å². The first-order valence-electron chi connectivity index (χ1n) is 9.44. The summed E-state index contributed by atoms with van der Waals surface area (Å²) in [4.78, 5) is 16.5. The molecule has 1 aromatic rings. The van der Waals surface area contributed by atoms with Gasteiger partial charge in [0, 0.05) is 43.8 Å². The van der Waals surface area contributed by atoms with Crippen molar-refractivity contribution >= 4 is 5.91 Å². The predicted octanol–water partition coefficient (Wildman–Crippen LogP) is 2.98. The molecule has 2 atom stereocenters. The number of nitrogens with zero attached hydrogens (tertiary/aromatic N) is 2. The fourth-order valence-corrected chi connectivity index (χ4v) is 3.99. The standard InChI is InChI=1S/C21H29N3O2/c1-16-12-23(14-19-8-10-20(11-9-19)21(25)22-26)13-17(2)24(16)15-18-6-4-3-5-7-18/h4,6-11,16-17,26H,3,5,12-15H2,1-2H3,(H,22,25)/t16-,17?/m0/s1. The van der Waals surface area contributed by atoms with E-state index in [4.69, 9.17) is 5.21 Å². The Bertz CT molecular complexity index is 669. The van der Waals surface area contributed by atoms with Crippen molar-refractivity contribution in [2.45, 2.75) is 45.3 Å². The highest BCUT2D eigenvalue weighted by atomic mass is 16.5. The number of piperazine rings is 1. The van der Waals surface area contributed by atoms with Crippen molar-refractivity contribution in [2.24, 2.45) is 0 Å². The SMILES string of the molecule is CC1CN(Cc2ccc(C(=O)NO)cc2)C[C@H](C)N1CC1=CCCC=C1. The summed E-state index contributed by atoms with van der Waals surface area (Å²) in [7, 11) is 0. The molecule has 5 nitrogen and oxygen atoms in total. The molecule has 1 aromatic carbocycles. The molecule has 1 saturated heterocycles. The molecule has 0 bridgehead atoms. The minimum absolute atomic E-state index is 0.469. The molecule has 2 aliphatic rings. The van der Waals surface area contributed by atoms with Crippen molar-refractivity contribution in [1.29, 1.82) is 0 Å². The van der Waals surface area contributed by atoms with Crippen LogP contribution >= 0.6 is 0 Å². The van der Waals surface area contributed by atoms with Crippen LogP contribution in [0, 0.1) is 0 Å². The number of nitrogens with one attached hydrogen (secondary N) is 1. The smallest absolute Gasteiger partial charge is 0.274 e. The number of hydrogen-bond donors (Lipinski definition) is 2. The van der Waals surface area contributed by atoms with Gasteiger partial charge in [-0.05, 0) is 50.0 Å². The van der Waals surface area contributed by atoms with Gasteiger partial charge in [-0.2, -0.15) is 0 Å². The summed E-state index contributed by atoms with van der Waals surface area (Å²) in [6, 6.07) is 8.45. The van der Waals surface area contributed by atoms with Gasteiger partial charge >= 0.3 is 0 Å². The zero-order valence-electron chi connectivity index (χ0n) is 15.7. The number of carbonyl (C=O) groups is 1. The van der Waals surface area contributed by atoms with Crippen LogP contribution in [-0.4, -0.2) is 52.6 Å². The first-order chi connectivity index (χ1) is 12.6. The highest BCUT2D eigenvalue weighted by Crippen LogP contribution is 2.21. The number of benzene rings is 1. The lowest BCUT2D eigenvalue weighted by atomic mass is 10.0. The van der Waals surface area contributed by atoms with Crippen molar-refractivity contribution in [3.63, 3.8) is 0 Å². The third-order valence-corrected chi connectivity index (χ3v) is 5.34. The van der Waals surface area contributed by atoms with E-state index in [0.717, 1.165) is 26.2 Å². The van der Waals surface area contributed by atoms with E-state index in [2.05, 4.69) is 41.9 Å². The molecule has 26 heavy (non-hydrogen) atoms. The molecule has 1 unspecified atom stereocenters. The van der Waals surface area contributed by atoms with E-state index in [-0.39, 0.29) is 0 Å². The number of hydrogen-bond acceptors (Lipinski definition) is 4. The largest absolute Gasteiger partial charge is 0.296 e. The van der Waals surface area contributed by atoms with Crippen molar-refractivity contribution in [1.82, 2.24) is 15.3 Å². The summed E-state index contributed by atoms with van der Waals surface area (Å²) < 4.78 is 0. The lowest BCUT2D eigenvalue weighted by Gasteiger charge is -2.45. The number of carbonyl (C=O) groups excluding carboxylic acids is 1. The quantitative estimate of drug-likeness (QED) is 0.630. The molecule has 5 heteroatoms. The molecule has 1 aliphatic heterocycles. The second-order valence-electron chi connectivity index (χ2n) is 7.46. The maximum absolute atomic E-state index is 11.4. The lowest BCUT2D eigenvalue weighted by molar-refractivity contribution is 0.0426. The molecule has 3 rings (SSSR count).